The van der Waals surface area contributed by atoms with E-state index in [1.807, 2.05) is 44.2 Å². The van der Waals surface area contributed by atoms with Gasteiger partial charge in [0.05, 0.1) is 23.2 Å². The van der Waals surface area contributed by atoms with E-state index in [2.05, 4.69) is 10.3 Å². The Kier molecular flexibility index (Phi) is 9.72. The van der Waals surface area contributed by atoms with E-state index >= 15 is 0 Å². The van der Waals surface area contributed by atoms with Crippen LogP contribution in [0.25, 0.3) is 0 Å². The van der Waals surface area contributed by atoms with Gasteiger partial charge in [0, 0.05) is 38.4 Å². The van der Waals surface area contributed by atoms with E-state index < -0.39 is 38.9 Å². The molecule has 1 aromatic heterocycles. The summed E-state index contributed by atoms with van der Waals surface area (Å²) in [6, 6.07) is 9.28. The number of hydrogen-bond acceptors (Lipinski definition) is 9. The summed E-state index contributed by atoms with van der Waals surface area (Å²) < 4.78 is 39.5. The van der Waals surface area contributed by atoms with Crippen molar-refractivity contribution < 1.29 is 32.7 Å². The number of sulfonamides is 1. The fraction of sp³-hybridized carbons (Fsp3) is 0.556. The van der Waals surface area contributed by atoms with Crippen molar-refractivity contribution in [1.82, 2.24) is 14.6 Å². The number of nitro groups is 1. The van der Waals surface area contributed by atoms with Crippen molar-refractivity contribution in [2.45, 2.75) is 68.8 Å². The summed E-state index contributed by atoms with van der Waals surface area (Å²) in [5.74, 6) is 0.254. The van der Waals surface area contributed by atoms with Gasteiger partial charge in [-0.1, -0.05) is 44.2 Å². The minimum atomic E-state index is -4.26. The molecule has 1 amide bonds. The molecular formula is C27H36N4O8S. The van der Waals surface area contributed by atoms with Gasteiger partial charge in [0.25, 0.3) is 5.69 Å². The highest BCUT2D eigenvalue weighted by molar-refractivity contribution is 7.89. The van der Waals surface area contributed by atoms with Gasteiger partial charge in [0.2, 0.25) is 10.0 Å². The summed E-state index contributed by atoms with van der Waals surface area (Å²) in [6.45, 7) is 4.04. The lowest BCUT2D eigenvalue weighted by Gasteiger charge is -2.30. The second-order valence-corrected chi connectivity index (χ2v) is 12.8. The van der Waals surface area contributed by atoms with Crippen LogP contribution in [0.2, 0.25) is 0 Å². The zero-order chi connectivity index (χ0) is 28.9. The third kappa shape index (κ3) is 7.53. The number of alkyl carbamates (subject to hydrolysis) is 1. The van der Waals surface area contributed by atoms with Crippen molar-refractivity contribution in [2.24, 2.45) is 11.8 Å². The molecule has 2 heterocycles. The van der Waals surface area contributed by atoms with Gasteiger partial charge in [-0.05, 0) is 36.7 Å². The zero-order valence-corrected chi connectivity index (χ0v) is 23.4. The van der Waals surface area contributed by atoms with E-state index in [0.29, 0.717) is 12.3 Å². The summed E-state index contributed by atoms with van der Waals surface area (Å²) in [7, 11) is -4.26. The molecule has 5 atom stereocenters. The fourth-order valence-electron chi connectivity index (χ4n) is 5.31. The Morgan fingerprint density at radius 3 is 2.67 bits per heavy atom. The Labute approximate surface area is 233 Å². The summed E-state index contributed by atoms with van der Waals surface area (Å²) in [4.78, 5) is 26.8. The molecule has 2 fully saturated rings. The van der Waals surface area contributed by atoms with Gasteiger partial charge < -0.3 is 19.9 Å². The molecule has 1 aliphatic carbocycles. The number of pyridine rings is 1. The molecule has 0 bridgehead atoms. The van der Waals surface area contributed by atoms with Crippen LogP contribution in [0.4, 0.5) is 10.5 Å². The van der Waals surface area contributed by atoms with Crippen molar-refractivity contribution in [1.29, 1.82) is 0 Å². The third-order valence-electron chi connectivity index (χ3n) is 7.25. The van der Waals surface area contributed by atoms with Gasteiger partial charge >= 0.3 is 6.09 Å². The molecule has 0 radical (unpaired) electrons. The predicted molar refractivity (Wildman–Crippen MR) is 145 cm³/mol. The molecular weight excluding hydrogens is 540 g/mol. The average molecular weight is 577 g/mol. The van der Waals surface area contributed by atoms with Crippen LogP contribution < -0.4 is 5.32 Å². The maximum atomic E-state index is 13.5. The number of aromatic nitrogens is 1. The Morgan fingerprint density at radius 1 is 1.25 bits per heavy atom. The van der Waals surface area contributed by atoms with Crippen LogP contribution in [0.3, 0.4) is 0 Å². The molecule has 12 nitrogen and oxygen atoms in total. The molecule has 1 aliphatic heterocycles. The standard InChI is InChI=1S/C27H36N4O8S/c1-18(2)16-30(40(36,37)23-12-21(31(34)35)14-28-15-23)17-25(32)24(10-19-6-4-3-5-7-19)29-27(33)39-22-11-20-8-9-38-26(20)13-22/h3-7,12,14-15,18,20,22,24-26,32H,8-11,13,16-17H2,1-2H3,(H,29,33)/t20-,22+,24+,25-,26+/m1/s1. The fourth-order valence-corrected chi connectivity index (χ4v) is 6.92. The maximum Gasteiger partial charge on any atom is 0.407 e. The number of ether oxygens (including phenoxy) is 2. The number of aliphatic hydroxyl groups excluding tert-OH is 1. The molecule has 2 N–H and O–H groups in total. The van der Waals surface area contributed by atoms with Crippen molar-refractivity contribution in [3.63, 3.8) is 0 Å². The topological polar surface area (TPSA) is 161 Å². The smallest absolute Gasteiger partial charge is 0.407 e. The molecule has 1 aromatic carbocycles. The van der Waals surface area contributed by atoms with E-state index in [4.69, 9.17) is 9.47 Å². The molecule has 4 rings (SSSR count). The molecule has 218 valence electrons. The van der Waals surface area contributed by atoms with E-state index in [0.717, 1.165) is 47.8 Å². The predicted octanol–water partition coefficient (Wildman–Crippen LogP) is 2.90. The zero-order valence-electron chi connectivity index (χ0n) is 22.6. The van der Waals surface area contributed by atoms with Crippen LogP contribution in [0.15, 0.2) is 53.7 Å². The summed E-state index contributed by atoms with van der Waals surface area (Å²) >= 11 is 0. The highest BCUT2D eigenvalue weighted by Crippen LogP contribution is 2.37. The van der Waals surface area contributed by atoms with Crippen LogP contribution in [0.1, 0.15) is 38.7 Å². The molecule has 40 heavy (non-hydrogen) atoms. The lowest BCUT2D eigenvalue weighted by atomic mass is 10.0. The first-order valence-corrected chi connectivity index (χ1v) is 14.9. The molecule has 0 spiro atoms. The van der Waals surface area contributed by atoms with Gasteiger partial charge in [-0.3, -0.25) is 15.1 Å². The number of nitrogens with zero attached hydrogens (tertiary/aromatic N) is 3. The first-order valence-electron chi connectivity index (χ1n) is 13.4. The van der Waals surface area contributed by atoms with Gasteiger partial charge in [-0.2, -0.15) is 4.31 Å². The van der Waals surface area contributed by atoms with E-state index in [1.165, 1.54) is 0 Å². The monoisotopic (exact) mass is 576 g/mol. The van der Waals surface area contributed by atoms with E-state index in [-0.39, 0.29) is 42.5 Å². The van der Waals surface area contributed by atoms with Crippen molar-refractivity contribution >= 4 is 21.8 Å². The number of fused-ring (bicyclic) bond motifs is 1. The Balaban J connectivity index is 1.51. The molecule has 13 heteroatoms. The maximum absolute atomic E-state index is 13.5. The van der Waals surface area contributed by atoms with Gasteiger partial charge in [0.15, 0.2) is 0 Å². The van der Waals surface area contributed by atoms with Crippen molar-refractivity contribution in [3.05, 3.63) is 64.5 Å². The van der Waals surface area contributed by atoms with Crippen LogP contribution in [-0.2, 0) is 25.9 Å². The van der Waals surface area contributed by atoms with Crippen molar-refractivity contribution in [2.75, 3.05) is 19.7 Å². The quantitative estimate of drug-likeness (QED) is 0.286. The van der Waals surface area contributed by atoms with Crippen LogP contribution in [0, 0.1) is 22.0 Å². The minimum Gasteiger partial charge on any atom is -0.446 e. The van der Waals surface area contributed by atoms with E-state index in [9.17, 15) is 28.4 Å². The Morgan fingerprint density at radius 2 is 2.00 bits per heavy atom. The number of hydrogen-bond donors (Lipinski definition) is 2. The van der Waals surface area contributed by atoms with Crippen LogP contribution in [0.5, 0.6) is 0 Å². The molecule has 2 aliphatic rings. The number of amides is 1. The van der Waals surface area contributed by atoms with Gasteiger partial charge in [-0.15, -0.1) is 0 Å². The lowest BCUT2D eigenvalue weighted by Crippen LogP contribution is -2.51. The van der Waals surface area contributed by atoms with E-state index in [1.54, 1.807) is 0 Å². The Hall–Kier alpha value is -3.13. The first-order chi connectivity index (χ1) is 19.0. The molecule has 2 aromatic rings. The number of aliphatic hydroxyl groups is 1. The second-order valence-electron chi connectivity index (χ2n) is 10.8. The van der Waals surface area contributed by atoms with Crippen LogP contribution >= 0.6 is 0 Å². The summed E-state index contributed by atoms with van der Waals surface area (Å²) in [6.07, 6.45) is 2.33. The number of carbonyl (C=O) groups is 1. The van der Waals surface area contributed by atoms with Gasteiger partial charge in [0.1, 0.15) is 17.2 Å². The highest BCUT2D eigenvalue weighted by atomic mass is 32.2. The second kappa shape index (κ2) is 13.0. The summed E-state index contributed by atoms with van der Waals surface area (Å²) in [5, 5.41) is 25.3. The number of nitrogens with one attached hydrogen (secondary N) is 1. The highest BCUT2D eigenvalue weighted by Gasteiger charge is 2.40. The minimum absolute atomic E-state index is 0.0371. The molecule has 1 saturated carbocycles. The summed E-state index contributed by atoms with van der Waals surface area (Å²) in [5.41, 5.74) is 0.371. The normalized spacial score (nSPS) is 22.2. The number of carbonyl (C=O) groups excluding carboxylic acids is 1. The average Bonchev–Trinajstić information content (AvgIpc) is 3.50. The third-order valence-corrected chi connectivity index (χ3v) is 9.05. The van der Waals surface area contributed by atoms with Gasteiger partial charge in [-0.25, -0.2) is 13.2 Å². The SMILES string of the molecule is CC(C)CN(C[C@@H](O)[C@H](Cc1ccccc1)NC(=O)O[C@H]1C[C@H]2CCO[C@H]2C1)S(=O)(=O)c1cncc([N+](=O)[O-])c1. The largest absolute Gasteiger partial charge is 0.446 e. The number of benzene rings is 1. The van der Waals surface area contributed by atoms with Crippen LogP contribution in [-0.4, -0.2) is 77.9 Å². The first kappa shape index (κ1) is 29.8. The lowest BCUT2D eigenvalue weighted by molar-refractivity contribution is -0.385. The number of rotatable bonds is 12. The Bertz CT molecular complexity index is 1260. The van der Waals surface area contributed by atoms with Crippen molar-refractivity contribution in [3.8, 4) is 0 Å². The molecule has 1 saturated heterocycles. The molecule has 0 unspecified atom stereocenters.